The summed E-state index contributed by atoms with van der Waals surface area (Å²) in [5.41, 5.74) is 1.21. The Morgan fingerprint density at radius 3 is 2.90 bits per heavy atom. The van der Waals surface area contributed by atoms with Gasteiger partial charge in [0.25, 0.3) is 0 Å². The molecule has 2 heterocycles. The molecule has 20 heavy (non-hydrogen) atoms. The van der Waals surface area contributed by atoms with Crippen LogP contribution in [0, 0.1) is 6.92 Å². The van der Waals surface area contributed by atoms with Crippen LogP contribution in [0.25, 0.3) is 0 Å². The first-order chi connectivity index (χ1) is 9.67. The van der Waals surface area contributed by atoms with Crippen molar-refractivity contribution in [2.24, 2.45) is 0 Å². The number of nitrogens with zero attached hydrogens (tertiary/aromatic N) is 2. The maximum Gasteiger partial charge on any atom is 0.186 e. The maximum atomic E-state index is 4.87. The van der Waals surface area contributed by atoms with Gasteiger partial charge in [-0.3, -0.25) is 0 Å². The van der Waals surface area contributed by atoms with Gasteiger partial charge in [0.15, 0.2) is 5.13 Å². The van der Waals surface area contributed by atoms with Gasteiger partial charge in [0.2, 0.25) is 0 Å². The van der Waals surface area contributed by atoms with Gasteiger partial charge >= 0.3 is 0 Å². The Balaban J connectivity index is 2.16. The first kappa shape index (κ1) is 15.8. The van der Waals surface area contributed by atoms with Crippen LogP contribution in [0.3, 0.4) is 0 Å². The molecule has 1 aromatic heterocycles. The van der Waals surface area contributed by atoms with E-state index in [-0.39, 0.29) is 0 Å². The molecule has 2 rings (SSSR count). The van der Waals surface area contributed by atoms with E-state index in [1.54, 1.807) is 0 Å². The van der Waals surface area contributed by atoms with Gasteiger partial charge in [-0.2, -0.15) is 0 Å². The molecule has 2 atom stereocenters. The van der Waals surface area contributed by atoms with E-state index in [0.717, 1.165) is 6.54 Å². The molecule has 0 bridgehead atoms. The van der Waals surface area contributed by atoms with Gasteiger partial charge in [-0.1, -0.05) is 20.3 Å². The predicted octanol–water partition coefficient (Wildman–Crippen LogP) is 4.28. The normalized spacial score (nSPS) is 21.2. The molecule has 1 saturated heterocycles. The summed E-state index contributed by atoms with van der Waals surface area (Å²) in [5, 5.41) is 4.76. The van der Waals surface area contributed by atoms with Crippen molar-refractivity contribution < 1.29 is 0 Å². The molecule has 0 amide bonds. The Morgan fingerprint density at radius 2 is 2.20 bits per heavy atom. The van der Waals surface area contributed by atoms with Gasteiger partial charge in [0.1, 0.15) is 0 Å². The second-order valence-electron chi connectivity index (χ2n) is 5.86. The Morgan fingerprint density at radius 1 is 1.40 bits per heavy atom. The van der Waals surface area contributed by atoms with Crippen molar-refractivity contribution in [3.05, 3.63) is 10.6 Å². The average Bonchev–Trinajstić information content (AvgIpc) is 2.82. The highest BCUT2D eigenvalue weighted by Gasteiger charge is 2.25. The second kappa shape index (κ2) is 7.41. The smallest absolute Gasteiger partial charge is 0.186 e. The minimum absolute atomic E-state index is 0.417. The van der Waals surface area contributed by atoms with E-state index in [9.17, 15) is 0 Å². The lowest BCUT2D eigenvalue weighted by molar-refractivity contribution is 0.434. The van der Waals surface area contributed by atoms with Crippen molar-refractivity contribution in [2.75, 3.05) is 18.0 Å². The van der Waals surface area contributed by atoms with Gasteiger partial charge in [0.05, 0.1) is 5.69 Å². The van der Waals surface area contributed by atoms with E-state index in [1.807, 2.05) is 11.3 Å². The van der Waals surface area contributed by atoms with Crippen LogP contribution in [0.4, 0.5) is 5.13 Å². The number of aryl methyl sites for hydroxylation is 1. The van der Waals surface area contributed by atoms with E-state index in [4.69, 9.17) is 4.98 Å². The van der Waals surface area contributed by atoms with Crippen molar-refractivity contribution in [3.8, 4) is 0 Å². The predicted molar refractivity (Wildman–Crippen MR) is 88.8 cm³/mol. The van der Waals surface area contributed by atoms with Crippen LogP contribution in [-0.4, -0.2) is 24.1 Å². The van der Waals surface area contributed by atoms with Crippen molar-refractivity contribution in [1.82, 2.24) is 10.3 Å². The van der Waals surface area contributed by atoms with Gasteiger partial charge in [-0.15, -0.1) is 11.3 Å². The summed E-state index contributed by atoms with van der Waals surface area (Å²) in [4.78, 5) is 8.86. The van der Waals surface area contributed by atoms with Crippen LogP contribution in [0.15, 0.2) is 0 Å². The lowest BCUT2D eigenvalue weighted by Crippen LogP contribution is -2.39. The molecule has 1 N–H and O–H groups in total. The summed E-state index contributed by atoms with van der Waals surface area (Å²) >= 11 is 1.90. The standard InChI is InChI=1S/C16H29N3S/c1-5-9-14-10-7-8-11-19(14)16-18-13(4)15(20-16)12(3)17-6-2/h12,14,17H,5-11H2,1-4H3. The molecule has 0 saturated carbocycles. The maximum absolute atomic E-state index is 4.87. The summed E-state index contributed by atoms with van der Waals surface area (Å²) in [6, 6.07) is 1.13. The Hall–Kier alpha value is -0.610. The molecule has 1 aromatic rings. The van der Waals surface area contributed by atoms with Crippen molar-refractivity contribution in [1.29, 1.82) is 0 Å². The molecular formula is C16H29N3S. The van der Waals surface area contributed by atoms with Crippen LogP contribution in [0.2, 0.25) is 0 Å². The van der Waals surface area contributed by atoms with E-state index in [0.29, 0.717) is 12.1 Å². The lowest BCUT2D eigenvalue weighted by Gasteiger charge is -2.35. The molecule has 4 heteroatoms. The topological polar surface area (TPSA) is 28.2 Å². The van der Waals surface area contributed by atoms with E-state index < -0.39 is 0 Å². The molecule has 114 valence electrons. The van der Waals surface area contributed by atoms with E-state index in [1.165, 1.54) is 54.4 Å². The largest absolute Gasteiger partial charge is 0.345 e. The van der Waals surface area contributed by atoms with Crippen LogP contribution in [0.5, 0.6) is 0 Å². The highest BCUT2D eigenvalue weighted by molar-refractivity contribution is 7.15. The number of thiazole rings is 1. The first-order valence-corrected chi connectivity index (χ1v) is 8.96. The number of nitrogens with one attached hydrogen (secondary N) is 1. The number of piperidine rings is 1. The van der Waals surface area contributed by atoms with E-state index >= 15 is 0 Å². The minimum Gasteiger partial charge on any atom is -0.345 e. The molecule has 3 nitrogen and oxygen atoms in total. The Kier molecular flexibility index (Phi) is 5.85. The van der Waals surface area contributed by atoms with Gasteiger partial charge < -0.3 is 10.2 Å². The monoisotopic (exact) mass is 295 g/mol. The molecule has 1 aliphatic rings. The van der Waals surface area contributed by atoms with Gasteiger partial charge in [-0.25, -0.2) is 4.98 Å². The molecule has 0 spiro atoms. The molecule has 1 aliphatic heterocycles. The minimum atomic E-state index is 0.417. The summed E-state index contributed by atoms with van der Waals surface area (Å²) in [7, 11) is 0. The SMILES string of the molecule is CCCC1CCCCN1c1nc(C)c(C(C)NCC)s1. The fraction of sp³-hybridized carbons (Fsp3) is 0.812. The van der Waals surface area contributed by atoms with Crippen LogP contribution < -0.4 is 10.2 Å². The zero-order valence-corrected chi connectivity index (χ0v) is 14.2. The number of anilines is 1. The van der Waals surface area contributed by atoms with Crippen molar-refractivity contribution in [3.63, 3.8) is 0 Å². The van der Waals surface area contributed by atoms with Crippen molar-refractivity contribution in [2.45, 2.75) is 71.9 Å². The zero-order chi connectivity index (χ0) is 14.5. The molecule has 0 radical (unpaired) electrons. The molecule has 0 aliphatic carbocycles. The molecule has 0 aromatic carbocycles. The van der Waals surface area contributed by atoms with E-state index in [2.05, 4.69) is 37.9 Å². The molecule has 2 unspecified atom stereocenters. The second-order valence-corrected chi connectivity index (χ2v) is 6.87. The van der Waals surface area contributed by atoms with Crippen LogP contribution in [-0.2, 0) is 0 Å². The van der Waals surface area contributed by atoms with Gasteiger partial charge in [-0.05, 0) is 46.1 Å². The third kappa shape index (κ3) is 3.53. The number of hydrogen-bond acceptors (Lipinski definition) is 4. The molecule has 1 fully saturated rings. The fourth-order valence-corrected chi connectivity index (χ4v) is 4.39. The zero-order valence-electron chi connectivity index (χ0n) is 13.4. The fourth-order valence-electron chi connectivity index (χ4n) is 3.20. The van der Waals surface area contributed by atoms with Crippen molar-refractivity contribution >= 4 is 16.5 Å². The quantitative estimate of drug-likeness (QED) is 0.849. The van der Waals surface area contributed by atoms with Crippen LogP contribution in [0.1, 0.15) is 69.5 Å². The lowest BCUT2D eigenvalue weighted by atomic mass is 9.99. The summed E-state index contributed by atoms with van der Waals surface area (Å²) < 4.78 is 0. The number of rotatable bonds is 6. The molecular weight excluding hydrogens is 266 g/mol. The summed E-state index contributed by atoms with van der Waals surface area (Å²) in [6.07, 6.45) is 6.61. The summed E-state index contributed by atoms with van der Waals surface area (Å²) in [6.45, 7) is 11.0. The Bertz CT molecular complexity index is 414. The third-order valence-electron chi connectivity index (χ3n) is 4.22. The number of aromatic nitrogens is 1. The third-order valence-corrected chi connectivity index (χ3v) is 5.60. The van der Waals surface area contributed by atoms with Crippen LogP contribution >= 0.6 is 11.3 Å². The summed E-state index contributed by atoms with van der Waals surface area (Å²) in [5.74, 6) is 0. The Labute approximate surface area is 127 Å². The average molecular weight is 295 g/mol. The first-order valence-electron chi connectivity index (χ1n) is 8.14. The highest BCUT2D eigenvalue weighted by Crippen LogP contribution is 2.34. The highest BCUT2D eigenvalue weighted by atomic mass is 32.1. The van der Waals surface area contributed by atoms with Gasteiger partial charge in [0, 0.05) is 23.5 Å². The number of hydrogen-bond donors (Lipinski definition) is 1.